The van der Waals surface area contributed by atoms with Crippen LogP contribution in [0.15, 0.2) is 20.4 Å². The van der Waals surface area contributed by atoms with Crippen molar-refractivity contribution in [2.45, 2.75) is 32.4 Å². The first-order valence-corrected chi connectivity index (χ1v) is 7.67. The van der Waals surface area contributed by atoms with Crippen molar-refractivity contribution in [2.75, 3.05) is 6.54 Å². The number of aryl methyl sites for hydroxylation is 1. The predicted molar refractivity (Wildman–Crippen MR) is 73.4 cm³/mol. The quantitative estimate of drug-likeness (QED) is 0.864. The Labute approximate surface area is 118 Å². The highest BCUT2D eigenvalue weighted by molar-refractivity contribution is 9.10. The van der Waals surface area contributed by atoms with Crippen molar-refractivity contribution in [3.63, 3.8) is 0 Å². The third-order valence-corrected chi connectivity index (χ3v) is 4.87. The van der Waals surface area contributed by atoms with Crippen LogP contribution in [0.2, 0.25) is 0 Å². The zero-order valence-corrected chi connectivity index (χ0v) is 12.5. The van der Waals surface area contributed by atoms with E-state index in [1.165, 1.54) is 11.3 Å². The van der Waals surface area contributed by atoms with Gasteiger partial charge in [-0.15, -0.1) is 11.3 Å². The predicted octanol–water partition coefficient (Wildman–Crippen LogP) is 3.54. The van der Waals surface area contributed by atoms with Gasteiger partial charge in [0.1, 0.15) is 0 Å². The monoisotopic (exact) mass is 327 g/mol. The van der Waals surface area contributed by atoms with Crippen LogP contribution in [0.3, 0.4) is 0 Å². The summed E-state index contributed by atoms with van der Waals surface area (Å²) in [4.78, 5) is 8.17. The van der Waals surface area contributed by atoms with E-state index in [9.17, 15) is 0 Å². The topological polar surface area (TPSA) is 42.2 Å². The minimum absolute atomic E-state index is 0.309. The lowest BCUT2D eigenvalue weighted by molar-refractivity contribution is 0.236. The highest BCUT2D eigenvalue weighted by Gasteiger charge is 2.29. The lowest BCUT2D eigenvalue weighted by Gasteiger charge is -2.20. The molecular weight excluding hydrogens is 314 g/mol. The molecule has 18 heavy (non-hydrogen) atoms. The van der Waals surface area contributed by atoms with Crippen LogP contribution >= 0.6 is 27.3 Å². The molecule has 0 unspecified atom stereocenters. The first-order chi connectivity index (χ1) is 8.72. The van der Waals surface area contributed by atoms with Crippen LogP contribution in [0, 0.1) is 6.92 Å². The Morgan fingerprint density at radius 3 is 3.17 bits per heavy atom. The third kappa shape index (κ3) is 2.50. The first-order valence-electron chi connectivity index (χ1n) is 5.99. The van der Waals surface area contributed by atoms with Crippen LogP contribution in [0.25, 0.3) is 0 Å². The second-order valence-corrected chi connectivity index (χ2v) is 6.44. The van der Waals surface area contributed by atoms with Crippen LogP contribution in [-0.2, 0) is 6.54 Å². The van der Waals surface area contributed by atoms with Gasteiger partial charge in [0.05, 0.1) is 6.04 Å². The maximum Gasteiger partial charge on any atom is 0.223 e. The Morgan fingerprint density at radius 1 is 1.61 bits per heavy atom. The van der Waals surface area contributed by atoms with Crippen molar-refractivity contribution in [1.82, 2.24) is 15.0 Å². The van der Waals surface area contributed by atoms with Crippen LogP contribution in [0.4, 0.5) is 0 Å². The van der Waals surface area contributed by atoms with E-state index in [2.05, 4.69) is 42.4 Å². The molecule has 2 aromatic heterocycles. The highest BCUT2D eigenvalue weighted by Crippen LogP contribution is 2.33. The molecule has 0 saturated carbocycles. The van der Waals surface area contributed by atoms with Crippen molar-refractivity contribution in [1.29, 1.82) is 0 Å². The summed E-state index contributed by atoms with van der Waals surface area (Å²) in [7, 11) is 0. The summed E-state index contributed by atoms with van der Waals surface area (Å²) < 4.78 is 6.25. The molecule has 0 spiro atoms. The summed E-state index contributed by atoms with van der Waals surface area (Å²) in [5.41, 5.74) is 0. The summed E-state index contributed by atoms with van der Waals surface area (Å²) >= 11 is 5.28. The number of aromatic nitrogens is 2. The van der Waals surface area contributed by atoms with Crippen molar-refractivity contribution < 1.29 is 4.52 Å². The molecular formula is C12H14BrN3OS. The molecule has 2 aromatic rings. The number of nitrogens with zero attached hydrogens (tertiary/aromatic N) is 3. The van der Waals surface area contributed by atoms with E-state index in [1.54, 1.807) is 11.3 Å². The number of hydrogen-bond donors (Lipinski definition) is 0. The van der Waals surface area contributed by atoms with Gasteiger partial charge in [-0.25, -0.2) is 0 Å². The van der Waals surface area contributed by atoms with E-state index in [1.807, 2.05) is 6.92 Å². The molecule has 96 valence electrons. The molecule has 4 nitrogen and oxygen atoms in total. The SMILES string of the molecule is Cc1nc([C@@H]2CCCN2Cc2cc(Br)cs2)no1. The van der Waals surface area contributed by atoms with Gasteiger partial charge in [-0.3, -0.25) is 4.90 Å². The molecule has 0 N–H and O–H groups in total. The van der Waals surface area contributed by atoms with Gasteiger partial charge in [0, 0.05) is 28.2 Å². The van der Waals surface area contributed by atoms with Crippen LogP contribution in [0.5, 0.6) is 0 Å². The Bertz CT molecular complexity index is 539. The number of halogens is 1. The molecule has 0 amide bonds. The molecule has 1 atom stereocenters. The molecule has 3 heterocycles. The molecule has 3 rings (SSSR count). The maximum absolute atomic E-state index is 5.09. The fourth-order valence-corrected chi connectivity index (χ4v) is 3.87. The first kappa shape index (κ1) is 12.3. The summed E-state index contributed by atoms with van der Waals surface area (Å²) in [6.07, 6.45) is 2.32. The lowest BCUT2D eigenvalue weighted by atomic mass is 10.2. The molecule has 1 saturated heterocycles. The van der Waals surface area contributed by atoms with Gasteiger partial charge < -0.3 is 4.52 Å². The van der Waals surface area contributed by atoms with E-state index < -0.39 is 0 Å². The second-order valence-electron chi connectivity index (χ2n) is 4.53. The largest absolute Gasteiger partial charge is 0.340 e. The van der Waals surface area contributed by atoms with Crippen LogP contribution in [-0.4, -0.2) is 21.6 Å². The Kier molecular flexibility index (Phi) is 3.50. The summed E-state index contributed by atoms with van der Waals surface area (Å²) in [5, 5.41) is 6.19. The van der Waals surface area contributed by atoms with E-state index in [0.29, 0.717) is 11.9 Å². The Morgan fingerprint density at radius 2 is 2.50 bits per heavy atom. The third-order valence-electron chi connectivity index (χ3n) is 3.19. The smallest absolute Gasteiger partial charge is 0.223 e. The zero-order chi connectivity index (χ0) is 12.5. The Balaban J connectivity index is 1.75. The van der Waals surface area contributed by atoms with E-state index in [4.69, 9.17) is 4.52 Å². The number of hydrogen-bond acceptors (Lipinski definition) is 5. The molecule has 1 aliphatic heterocycles. The number of thiophene rings is 1. The van der Waals surface area contributed by atoms with Gasteiger partial charge in [-0.1, -0.05) is 5.16 Å². The molecule has 6 heteroatoms. The van der Waals surface area contributed by atoms with Gasteiger partial charge >= 0.3 is 0 Å². The fraction of sp³-hybridized carbons (Fsp3) is 0.500. The summed E-state index contributed by atoms with van der Waals surface area (Å²) in [6.45, 7) is 3.91. The minimum atomic E-state index is 0.309. The molecule has 0 radical (unpaired) electrons. The van der Waals surface area contributed by atoms with Gasteiger partial charge in [-0.2, -0.15) is 4.98 Å². The second kappa shape index (κ2) is 5.11. The standard InChI is InChI=1S/C12H14BrN3OS/c1-8-14-12(15-17-8)11-3-2-4-16(11)6-10-5-9(13)7-18-10/h5,7,11H,2-4,6H2,1H3/t11-/m0/s1. The number of rotatable bonds is 3. The molecule has 1 aliphatic rings. The van der Waals surface area contributed by atoms with Crippen molar-refractivity contribution in [3.05, 3.63) is 32.5 Å². The van der Waals surface area contributed by atoms with E-state index in [-0.39, 0.29) is 0 Å². The van der Waals surface area contributed by atoms with Crippen LogP contribution < -0.4 is 0 Å². The van der Waals surface area contributed by atoms with Gasteiger partial charge in [0.25, 0.3) is 0 Å². The van der Waals surface area contributed by atoms with Gasteiger partial charge in [-0.05, 0) is 41.4 Å². The van der Waals surface area contributed by atoms with Crippen molar-refractivity contribution in [3.8, 4) is 0 Å². The van der Waals surface area contributed by atoms with Crippen LogP contribution in [0.1, 0.15) is 35.5 Å². The highest BCUT2D eigenvalue weighted by atomic mass is 79.9. The van der Waals surface area contributed by atoms with Crippen molar-refractivity contribution >= 4 is 27.3 Å². The summed E-state index contributed by atoms with van der Waals surface area (Å²) in [5.74, 6) is 1.48. The summed E-state index contributed by atoms with van der Waals surface area (Å²) in [6, 6.07) is 2.49. The van der Waals surface area contributed by atoms with Crippen molar-refractivity contribution in [2.24, 2.45) is 0 Å². The van der Waals surface area contributed by atoms with E-state index in [0.717, 1.165) is 29.8 Å². The lowest BCUT2D eigenvalue weighted by Crippen LogP contribution is -2.23. The van der Waals surface area contributed by atoms with Gasteiger partial charge in [0.15, 0.2) is 5.82 Å². The number of likely N-dealkylation sites (tertiary alicyclic amines) is 1. The zero-order valence-electron chi connectivity index (χ0n) is 10.1. The van der Waals surface area contributed by atoms with Gasteiger partial charge in [0.2, 0.25) is 5.89 Å². The fourth-order valence-electron chi connectivity index (χ4n) is 2.39. The van der Waals surface area contributed by atoms with E-state index >= 15 is 0 Å². The average Bonchev–Trinajstić information content (AvgIpc) is 3.01. The molecule has 1 fully saturated rings. The minimum Gasteiger partial charge on any atom is -0.340 e. The maximum atomic E-state index is 5.09. The molecule has 0 aromatic carbocycles. The Hall–Kier alpha value is -0.720. The molecule has 0 aliphatic carbocycles. The normalized spacial score (nSPS) is 20.7. The molecule has 0 bridgehead atoms. The average molecular weight is 328 g/mol.